The van der Waals surface area contributed by atoms with E-state index in [1.807, 2.05) is 20.9 Å². The van der Waals surface area contributed by atoms with Gasteiger partial charge in [-0.05, 0) is 38.1 Å². The van der Waals surface area contributed by atoms with E-state index in [1.54, 1.807) is 17.0 Å². The van der Waals surface area contributed by atoms with Crippen molar-refractivity contribution in [2.24, 2.45) is 7.05 Å². The zero-order valence-electron chi connectivity index (χ0n) is 13.7. The molecule has 6 nitrogen and oxygen atoms in total. The number of carbonyl (C=O) groups excluding carboxylic acids is 1. The van der Waals surface area contributed by atoms with Crippen LogP contribution >= 0.6 is 0 Å². The number of hydrogen-bond acceptors (Lipinski definition) is 4. The number of halogens is 1. The molecule has 0 bridgehead atoms. The molecule has 1 amide bonds. The molecule has 2 N–H and O–H groups in total. The zero-order valence-corrected chi connectivity index (χ0v) is 13.7. The van der Waals surface area contributed by atoms with Crippen molar-refractivity contribution in [1.82, 2.24) is 14.5 Å². The Labute approximate surface area is 138 Å². The molecule has 0 fully saturated rings. The second-order valence-electron chi connectivity index (χ2n) is 5.87. The Hall–Kier alpha value is -2.96. The topological polar surface area (TPSA) is 71.8 Å². The molecule has 0 saturated heterocycles. The van der Waals surface area contributed by atoms with Gasteiger partial charge in [0.15, 0.2) is 5.65 Å². The van der Waals surface area contributed by atoms with Crippen LogP contribution in [0.4, 0.5) is 15.8 Å². The molecule has 0 aliphatic rings. The standard InChI is InChI=1S/C17H18FN5O/c1-10(2)21-14-7-12(18)4-5-13(14)22-17(24)11-6-15-16(19-8-11)23(3)9-20-15/h4-10,21H,1-3H3,(H,22,24). The predicted octanol–water partition coefficient (Wildman–Crippen LogP) is 3.18. The van der Waals surface area contributed by atoms with Gasteiger partial charge in [0.25, 0.3) is 5.91 Å². The first kappa shape index (κ1) is 15.9. The summed E-state index contributed by atoms with van der Waals surface area (Å²) in [5.74, 6) is -0.693. The van der Waals surface area contributed by atoms with Crippen LogP contribution in [-0.2, 0) is 7.05 Å². The third-order valence-corrected chi connectivity index (χ3v) is 3.49. The van der Waals surface area contributed by atoms with Crippen molar-refractivity contribution in [3.05, 3.63) is 48.2 Å². The summed E-state index contributed by atoms with van der Waals surface area (Å²) in [7, 11) is 1.84. The van der Waals surface area contributed by atoms with Gasteiger partial charge in [-0.2, -0.15) is 0 Å². The maximum Gasteiger partial charge on any atom is 0.257 e. The summed E-state index contributed by atoms with van der Waals surface area (Å²) in [6.07, 6.45) is 3.14. The van der Waals surface area contributed by atoms with Gasteiger partial charge in [0.2, 0.25) is 0 Å². The number of nitrogens with zero attached hydrogens (tertiary/aromatic N) is 3. The lowest BCUT2D eigenvalue weighted by Crippen LogP contribution is -2.16. The maximum absolute atomic E-state index is 13.5. The summed E-state index contributed by atoms with van der Waals surface area (Å²) in [5.41, 5.74) is 2.78. The fourth-order valence-electron chi connectivity index (χ4n) is 2.39. The van der Waals surface area contributed by atoms with Crippen LogP contribution in [0, 0.1) is 5.82 Å². The average Bonchev–Trinajstić information content (AvgIpc) is 2.90. The fourth-order valence-corrected chi connectivity index (χ4v) is 2.39. The smallest absolute Gasteiger partial charge is 0.257 e. The van der Waals surface area contributed by atoms with Crippen LogP contribution in [0.5, 0.6) is 0 Å². The van der Waals surface area contributed by atoms with Gasteiger partial charge in [0, 0.05) is 19.3 Å². The molecule has 0 spiro atoms. The van der Waals surface area contributed by atoms with Crippen molar-refractivity contribution in [3.8, 4) is 0 Å². The molecule has 24 heavy (non-hydrogen) atoms. The number of anilines is 2. The molecule has 7 heteroatoms. The molecule has 0 saturated carbocycles. The monoisotopic (exact) mass is 327 g/mol. The van der Waals surface area contributed by atoms with E-state index in [0.717, 1.165) is 0 Å². The zero-order chi connectivity index (χ0) is 17.3. The summed E-state index contributed by atoms with van der Waals surface area (Å²) >= 11 is 0. The van der Waals surface area contributed by atoms with E-state index in [0.29, 0.717) is 28.1 Å². The van der Waals surface area contributed by atoms with E-state index in [2.05, 4.69) is 20.6 Å². The second-order valence-corrected chi connectivity index (χ2v) is 5.87. The van der Waals surface area contributed by atoms with Gasteiger partial charge in [-0.1, -0.05) is 0 Å². The van der Waals surface area contributed by atoms with Crippen LogP contribution in [0.2, 0.25) is 0 Å². The number of hydrogen-bond donors (Lipinski definition) is 2. The number of pyridine rings is 1. The first-order chi connectivity index (χ1) is 11.4. The van der Waals surface area contributed by atoms with Crippen LogP contribution in [0.3, 0.4) is 0 Å². The Bertz CT molecular complexity index is 903. The predicted molar refractivity (Wildman–Crippen MR) is 91.6 cm³/mol. The number of benzene rings is 1. The largest absolute Gasteiger partial charge is 0.381 e. The van der Waals surface area contributed by atoms with Crippen molar-refractivity contribution < 1.29 is 9.18 Å². The van der Waals surface area contributed by atoms with Crippen molar-refractivity contribution in [3.63, 3.8) is 0 Å². The van der Waals surface area contributed by atoms with Crippen molar-refractivity contribution in [2.75, 3.05) is 10.6 Å². The maximum atomic E-state index is 13.5. The highest BCUT2D eigenvalue weighted by molar-refractivity contribution is 6.06. The minimum Gasteiger partial charge on any atom is -0.381 e. The molecule has 3 rings (SSSR count). The molecule has 1 aromatic carbocycles. The van der Waals surface area contributed by atoms with E-state index in [4.69, 9.17) is 0 Å². The normalized spacial score (nSPS) is 11.0. The van der Waals surface area contributed by atoms with E-state index in [1.165, 1.54) is 24.4 Å². The molecule has 0 atom stereocenters. The highest BCUT2D eigenvalue weighted by Gasteiger charge is 2.13. The molecule has 0 aliphatic carbocycles. The molecule has 0 unspecified atom stereocenters. The van der Waals surface area contributed by atoms with E-state index in [9.17, 15) is 9.18 Å². The number of imidazole rings is 1. The van der Waals surface area contributed by atoms with Crippen LogP contribution in [0.1, 0.15) is 24.2 Å². The third-order valence-electron chi connectivity index (χ3n) is 3.49. The average molecular weight is 327 g/mol. The summed E-state index contributed by atoms with van der Waals surface area (Å²) in [6.45, 7) is 3.88. The number of fused-ring (bicyclic) bond motifs is 1. The summed E-state index contributed by atoms with van der Waals surface area (Å²) in [6, 6.07) is 5.98. The lowest BCUT2D eigenvalue weighted by molar-refractivity contribution is 0.102. The van der Waals surface area contributed by atoms with Crippen molar-refractivity contribution >= 4 is 28.4 Å². The Morgan fingerprint density at radius 1 is 1.21 bits per heavy atom. The first-order valence-electron chi connectivity index (χ1n) is 7.58. The number of amides is 1. The summed E-state index contributed by atoms with van der Waals surface area (Å²) in [5, 5.41) is 5.91. The second kappa shape index (κ2) is 6.27. The van der Waals surface area contributed by atoms with E-state index >= 15 is 0 Å². The van der Waals surface area contributed by atoms with Gasteiger partial charge in [-0.3, -0.25) is 4.79 Å². The Morgan fingerprint density at radius 2 is 2.00 bits per heavy atom. The van der Waals surface area contributed by atoms with Crippen molar-refractivity contribution in [1.29, 1.82) is 0 Å². The van der Waals surface area contributed by atoms with Gasteiger partial charge in [0.05, 0.1) is 23.3 Å². The highest BCUT2D eigenvalue weighted by Crippen LogP contribution is 2.24. The molecule has 2 aromatic heterocycles. The fraction of sp³-hybridized carbons (Fsp3) is 0.235. The van der Waals surface area contributed by atoms with E-state index in [-0.39, 0.29) is 17.8 Å². The number of carbonyl (C=O) groups is 1. The molecule has 3 aromatic rings. The SMILES string of the molecule is CC(C)Nc1cc(F)ccc1NC(=O)c1cnc2c(c1)ncn2C. The van der Waals surface area contributed by atoms with Crippen LogP contribution < -0.4 is 10.6 Å². The Morgan fingerprint density at radius 3 is 2.75 bits per heavy atom. The molecule has 0 aliphatic heterocycles. The Balaban J connectivity index is 1.88. The van der Waals surface area contributed by atoms with Gasteiger partial charge in [-0.15, -0.1) is 0 Å². The van der Waals surface area contributed by atoms with Crippen LogP contribution in [0.15, 0.2) is 36.8 Å². The van der Waals surface area contributed by atoms with Crippen molar-refractivity contribution in [2.45, 2.75) is 19.9 Å². The summed E-state index contributed by atoms with van der Waals surface area (Å²) < 4.78 is 15.2. The van der Waals surface area contributed by atoms with Gasteiger partial charge < -0.3 is 15.2 Å². The molecular weight excluding hydrogens is 309 g/mol. The first-order valence-corrected chi connectivity index (χ1v) is 7.58. The lowest BCUT2D eigenvalue weighted by atomic mass is 10.2. The number of nitrogens with one attached hydrogen (secondary N) is 2. The minimum atomic E-state index is -0.368. The molecule has 2 heterocycles. The number of aryl methyl sites for hydroxylation is 1. The van der Waals surface area contributed by atoms with Gasteiger partial charge in [-0.25, -0.2) is 14.4 Å². The van der Waals surface area contributed by atoms with Crippen LogP contribution in [0.25, 0.3) is 11.2 Å². The quantitative estimate of drug-likeness (QED) is 0.772. The molecular formula is C17H18FN5O. The summed E-state index contributed by atoms with van der Waals surface area (Å²) in [4.78, 5) is 20.9. The van der Waals surface area contributed by atoms with Crippen LogP contribution in [-0.4, -0.2) is 26.5 Å². The highest BCUT2D eigenvalue weighted by atomic mass is 19.1. The number of rotatable bonds is 4. The van der Waals surface area contributed by atoms with Gasteiger partial charge >= 0.3 is 0 Å². The molecule has 124 valence electrons. The Kier molecular flexibility index (Phi) is 4.16. The van der Waals surface area contributed by atoms with Gasteiger partial charge in [0.1, 0.15) is 11.3 Å². The minimum absolute atomic E-state index is 0.106. The third kappa shape index (κ3) is 3.19. The number of aromatic nitrogens is 3. The van der Waals surface area contributed by atoms with E-state index < -0.39 is 0 Å². The lowest BCUT2D eigenvalue weighted by Gasteiger charge is -2.15. The molecule has 0 radical (unpaired) electrons.